The lowest BCUT2D eigenvalue weighted by atomic mass is 10.0. The number of para-hydroxylation sites is 1. The summed E-state index contributed by atoms with van der Waals surface area (Å²) in [5.74, 6) is 1.30. The molecule has 0 saturated carbocycles. The van der Waals surface area contributed by atoms with Crippen molar-refractivity contribution in [2.45, 2.75) is 18.5 Å². The molecule has 0 aliphatic heterocycles. The van der Waals surface area contributed by atoms with Gasteiger partial charge in [-0.1, -0.05) is 23.9 Å². The SMILES string of the molecule is COc1cccc(Cc2c(C)nc(SC)[nH]c2=O)c1OC. The Hall–Kier alpha value is -1.95. The zero-order valence-corrected chi connectivity index (χ0v) is 13.3. The van der Waals surface area contributed by atoms with Crippen LogP contribution in [0.25, 0.3) is 0 Å². The highest BCUT2D eigenvalue weighted by Gasteiger charge is 2.14. The fourth-order valence-corrected chi connectivity index (χ4v) is 2.60. The van der Waals surface area contributed by atoms with Gasteiger partial charge in [0.1, 0.15) is 0 Å². The van der Waals surface area contributed by atoms with Gasteiger partial charge in [0.25, 0.3) is 5.56 Å². The second-order valence-corrected chi connectivity index (χ2v) is 5.26. The molecule has 0 unspecified atom stereocenters. The first-order valence-electron chi connectivity index (χ1n) is 6.44. The number of aryl methyl sites for hydroxylation is 1. The van der Waals surface area contributed by atoms with Crippen LogP contribution in [0.15, 0.2) is 28.2 Å². The molecule has 0 atom stereocenters. The molecule has 1 N–H and O–H groups in total. The molecule has 0 saturated heterocycles. The Balaban J connectivity index is 2.46. The van der Waals surface area contributed by atoms with E-state index in [0.29, 0.717) is 28.6 Å². The Morgan fingerprint density at radius 3 is 2.62 bits per heavy atom. The quantitative estimate of drug-likeness (QED) is 0.679. The summed E-state index contributed by atoms with van der Waals surface area (Å²) in [5, 5.41) is 0.624. The van der Waals surface area contributed by atoms with E-state index in [4.69, 9.17) is 9.47 Å². The third kappa shape index (κ3) is 3.21. The van der Waals surface area contributed by atoms with E-state index in [1.165, 1.54) is 11.8 Å². The van der Waals surface area contributed by atoms with Gasteiger partial charge in [-0.05, 0) is 19.2 Å². The Morgan fingerprint density at radius 1 is 1.29 bits per heavy atom. The molecule has 0 aliphatic carbocycles. The summed E-state index contributed by atoms with van der Waals surface area (Å²) >= 11 is 1.41. The summed E-state index contributed by atoms with van der Waals surface area (Å²) in [6.45, 7) is 1.84. The average Bonchev–Trinajstić information content (AvgIpc) is 2.50. The second kappa shape index (κ2) is 6.67. The molecule has 0 aliphatic rings. The van der Waals surface area contributed by atoms with E-state index >= 15 is 0 Å². The van der Waals surface area contributed by atoms with Crippen LogP contribution in [0, 0.1) is 6.92 Å². The van der Waals surface area contributed by atoms with E-state index in [1.807, 2.05) is 31.4 Å². The number of H-pyrrole nitrogens is 1. The molecule has 0 radical (unpaired) electrons. The number of nitrogens with one attached hydrogen (secondary N) is 1. The Morgan fingerprint density at radius 2 is 2.05 bits per heavy atom. The molecule has 0 fully saturated rings. The van der Waals surface area contributed by atoms with Crippen molar-refractivity contribution >= 4 is 11.8 Å². The zero-order valence-electron chi connectivity index (χ0n) is 12.5. The van der Waals surface area contributed by atoms with Crippen molar-refractivity contribution in [2.75, 3.05) is 20.5 Å². The molecule has 5 nitrogen and oxygen atoms in total. The summed E-state index contributed by atoms with van der Waals surface area (Å²) < 4.78 is 10.7. The van der Waals surface area contributed by atoms with Crippen molar-refractivity contribution < 1.29 is 9.47 Å². The standard InChI is InChI=1S/C15H18N2O3S/c1-9-11(14(18)17-15(16-9)21-4)8-10-6-5-7-12(19-2)13(10)20-3/h5-7H,8H2,1-4H3,(H,16,17,18). The van der Waals surface area contributed by atoms with E-state index in [1.54, 1.807) is 14.2 Å². The van der Waals surface area contributed by atoms with E-state index in [2.05, 4.69) is 9.97 Å². The van der Waals surface area contributed by atoms with Crippen molar-refractivity contribution in [1.29, 1.82) is 0 Å². The van der Waals surface area contributed by atoms with Crippen molar-refractivity contribution in [2.24, 2.45) is 0 Å². The molecule has 0 bridgehead atoms. The Kier molecular flexibility index (Phi) is 4.90. The van der Waals surface area contributed by atoms with Gasteiger partial charge in [0, 0.05) is 23.2 Å². The number of rotatable bonds is 5. The number of methoxy groups -OCH3 is 2. The number of hydrogen-bond acceptors (Lipinski definition) is 5. The number of ether oxygens (including phenoxy) is 2. The summed E-state index contributed by atoms with van der Waals surface area (Å²) in [5.41, 5.74) is 2.15. The van der Waals surface area contributed by atoms with E-state index in [0.717, 1.165) is 11.3 Å². The van der Waals surface area contributed by atoms with Gasteiger partial charge in [-0.3, -0.25) is 4.79 Å². The lowest BCUT2D eigenvalue weighted by Gasteiger charge is -2.13. The molecule has 1 aromatic heterocycles. The van der Waals surface area contributed by atoms with E-state index in [-0.39, 0.29) is 5.56 Å². The van der Waals surface area contributed by atoms with Crippen LogP contribution in [0.1, 0.15) is 16.8 Å². The first-order chi connectivity index (χ1) is 10.1. The highest BCUT2D eigenvalue weighted by molar-refractivity contribution is 7.98. The van der Waals surface area contributed by atoms with Gasteiger partial charge in [-0.15, -0.1) is 0 Å². The topological polar surface area (TPSA) is 64.2 Å². The van der Waals surface area contributed by atoms with Gasteiger partial charge < -0.3 is 14.5 Å². The van der Waals surface area contributed by atoms with Crippen LogP contribution < -0.4 is 15.0 Å². The van der Waals surface area contributed by atoms with Gasteiger partial charge in [0.15, 0.2) is 16.7 Å². The highest BCUT2D eigenvalue weighted by Crippen LogP contribution is 2.32. The van der Waals surface area contributed by atoms with Gasteiger partial charge >= 0.3 is 0 Å². The number of thioether (sulfide) groups is 1. The Bertz CT molecular complexity index is 698. The second-order valence-electron chi connectivity index (χ2n) is 4.47. The number of hydrogen-bond donors (Lipinski definition) is 1. The van der Waals surface area contributed by atoms with Crippen molar-refractivity contribution in [3.05, 3.63) is 45.4 Å². The predicted molar refractivity (Wildman–Crippen MR) is 83.7 cm³/mol. The number of aromatic nitrogens is 2. The Labute approximate surface area is 127 Å². The van der Waals surface area contributed by atoms with E-state index < -0.39 is 0 Å². The molecule has 1 heterocycles. The minimum absolute atomic E-state index is 0.114. The van der Waals surface area contributed by atoms with Gasteiger partial charge in [-0.2, -0.15) is 0 Å². The van der Waals surface area contributed by atoms with Crippen molar-refractivity contribution in [1.82, 2.24) is 9.97 Å². The van der Waals surface area contributed by atoms with Gasteiger partial charge in [0.2, 0.25) is 0 Å². The maximum Gasteiger partial charge on any atom is 0.255 e. The molecule has 6 heteroatoms. The summed E-state index contributed by atoms with van der Waals surface area (Å²) in [6.07, 6.45) is 2.33. The first kappa shape index (κ1) is 15.4. The third-order valence-electron chi connectivity index (χ3n) is 3.25. The molecule has 112 valence electrons. The first-order valence-corrected chi connectivity index (χ1v) is 7.66. The number of benzene rings is 1. The monoisotopic (exact) mass is 306 g/mol. The zero-order chi connectivity index (χ0) is 15.4. The lowest BCUT2D eigenvalue weighted by Crippen LogP contribution is -2.17. The summed E-state index contributed by atoms with van der Waals surface area (Å²) in [6, 6.07) is 5.63. The summed E-state index contributed by atoms with van der Waals surface area (Å²) in [4.78, 5) is 19.4. The van der Waals surface area contributed by atoms with Crippen molar-refractivity contribution in [3.8, 4) is 11.5 Å². The smallest absolute Gasteiger partial charge is 0.255 e. The fraction of sp³-hybridized carbons (Fsp3) is 0.333. The molecule has 0 spiro atoms. The van der Waals surface area contributed by atoms with Crippen LogP contribution in [0.3, 0.4) is 0 Å². The normalized spacial score (nSPS) is 10.5. The van der Waals surface area contributed by atoms with Crippen LogP contribution >= 0.6 is 11.8 Å². The van der Waals surface area contributed by atoms with Crippen LogP contribution in [-0.4, -0.2) is 30.4 Å². The van der Waals surface area contributed by atoms with Gasteiger partial charge in [0.05, 0.1) is 14.2 Å². The van der Waals surface area contributed by atoms with Crippen LogP contribution in [0.2, 0.25) is 0 Å². The molecule has 2 aromatic rings. The predicted octanol–water partition coefficient (Wildman–Crippen LogP) is 2.41. The molecule has 2 rings (SSSR count). The van der Waals surface area contributed by atoms with Crippen LogP contribution in [-0.2, 0) is 6.42 Å². The van der Waals surface area contributed by atoms with Crippen LogP contribution in [0.4, 0.5) is 0 Å². The molecular weight excluding hydrogens is 288 g/mol. The van der Waals surface area contributed by atoms with Crippen LogP contribution in [0.5, 0.6) is 11.5 Å². The summed E-state index contributed by atoms with van der Waals surface area (Å²) in [7, 11) is 3.18. The maximum absolute atomic E-state index is 12.2. The molecular formula is C15H18N2O3S. The van der Waals surface area contributed by atoms with Crippen molar-refractivity contribution in [3.63, 3.8) is 0 Å². The molecule has 21 heavy (non-hydrogen) atoms. The van der Waals surface area contributed by atoms with E-state index in [9.17, 15) is 4.79 Å². The number of aromatic amines is 1. The lowest BCUT2D eigenvalue weighted by molar-refractivity contribution is 0.352. The minimum Gasteiger partial charge on any atom is -0.493 e. The number of nitrogens with zero attached hydrogens (tertiary/aromatic N) is 1. The average molecular weight is 306 g/mol. The largest absolute Gasteiger partial charge is 0.493 e. The fourth-order valence-electron chi connectivity index (χ4n) is 2.17. The highest BCUT2D eigenvalue weighted by atomic mass is 32.2. The minimum atomic E-state index is -0.114. The van der Waals surface area contributed by atoms with Gasteiger partial charge in [-0.25, -0.2) is 4.98 Å². The third-order valence-corrected chi connectivity index (χ3v) is 3.83. The maximum atomic E-state index is 12.2. The molecule has 1 aromatic carbocycles. The molecule has 0 amide bonds.